The molecule has 0 unspecified atom stereocenters. The van der Waals surface area contributed by atoms with E-state index >= 15 is 0 Å². The van der Waals surface area contributed by atoms with Crippen LogP contribution in [0.3, 0.4) is 0 Å². The van der Waals surface area contributed by atoms with E-state index in [0.29, 0.717) is 34.4 Å². The number of anilines is 1. The van der Waals surface area contributed by atoms with E-state index in [9.17, 15) is 9.59 Å². The Hall–Kier alpha value is -3.06. The topological polar surface area (TPSA) is 89.0 Å². The molecule has 0 bridgehead atoms. The lowest BCUT2D eigenvalue weighted by Crippen LogP contribution is -2.32. The van der Waals surface area contributed by atoms with Crippen molar-refractivity contribution in [3.63, 3.8) is 0 Å². The van der Waals surface area contributed by atoms with Crippen molar-refractivity contribution in [1.82, 2.24) is 5.43 Å². The van der Waals surface area contributed by atoms with E-state index in [1.165, 1.54) is 13.3 Å². The Morgan fingerprint density at radius 1 is 1.15 bits per heavy atom. The molecule has 2 rings (SSSR count). The van der Waals surface area contributed by atoms with E-state index in [1.807, 2.05) is 6.92 Å². The summed E-state index contributed by atoms with van der Waals surface area (Å²) in [6.45, 7) is 2.32. The average molecular weight is 376 g/mol. The number of hydrogen-bond donors (Lipinski definition) is 2. The molecule has 0 atom stereocenters. The zero-order chi connectivity index (χ0) is 18.9. The van der Waals surface area contributed by atoms with Crippen LogP contribution in [0, 0.1) is 0 Å². The van der Waals surface area contributed by atoms with Crippen molar-refractivity contribution < 1.29 is 19.1 Å². The van der Waals surface area contributed by atoms with Gasteiger partial charge in [-0.3, -0.25) is 9.59 Å². The molecule has 2 amide bonds. The molecule has 0 saturated carbocycles. The Morgan fingerprint density at radius 3 is 2.65 bits per heavy atom. The highest BCUT2D eigenvalue weighted by Crippen LogP contribution is 2.23. The second-order valence-corrected chi connectivity index (χ2v) is 5.41. The van der Waals surface area contributed by atoms with Gasteiger partial charge in [0.1, 0.15) is 11.5 Å². The van der Waals surface area contributed by atoms with Gasteiger partial charge >= 0.3 is 11.8 Å². The van der Waals surface area contributed by atoms with Crippen molar-refractivity contribution >= 4 is 35.3 Å². The van der Waals surface area contributed by atoms with Crippen molar-refractivity contribution in [2.45, 2.75) is 6.92 Å². The molecule has 2 aromatic rings. The third kappa shape index (κ3) is 5.22. The van der Waals surface area contributed by atoms with Crippen LogP contribution in [0.25, 0.3) is 0 Å². The van der Waals surface area contributed by atoms with Gasteiger partial charge in [-0.1, -0.05) is 23.7 Å². The molecule has 0 fully saturated rings. The molecule has 2 aromatic carbocycles. The number of amides is 2. The number of nitrogens with zero attached hydrogens (tertiary/aromatic N) is 1. The monoisotopic (exact) mass is 375 g/mol. The summed E-state index contributed by atoms with van der Waals surface area (Å²) < 4.78 is 10.6. The molecular weight excluding hydrogens is 358 g/mol. The standard InChI is InChI=1S/C18H18ClN3O4/c1-3-26-15-9-8-13(19)10-12(15)11-20-22-18(24)17(23)21-14-6-4-5-7-16(14)25-2/h4-11H,3H2,1-2H3,(H,21,23)(H,22,24)/b20-11-. The molecule has 0 heterocycles. The zero-order valence-electron chi connectivity index (χ0n) is 14.3. The first kappa shape index (κ1) is 19.3. The maximum Gasteiger partial charge on any atom is 0.329 e. The molecule has 136 valence electrons. The van der Waals surface area contributed by atoms with Crippen molar-refractivity contribution in [3.05, 3.63) is 53.1 Å². The Labute approximate surface area is 155 Å². The summed E-state index contributed by atoms with van der Waals surface area (Å²) in [5.41, 5.74) is 3.11. The fourth-order valence-corrected chi connectivity index (χ4v) is 2.23. The van der Waals surface area contributed by atoms with Crippen molar-refractivity contribution in [2.24, 2.45) is 5.10 Å². The summed E-state index contributed by atoms with van der Waals surface area (Å²) in [4.78, 5) is 23.8. The van der Waals surface area contributed by atoms with Crippen LogP contribution < -0.4 is 20.2 Å². The fraction of sp³-hybridized carbons (Fsp3) is 0.167. The number of methoxy groups -OCH3 is 1. The van der Waals surface area contributed by atoms with Gasteiger partial charge in [-0.15, -0.1) is 0 Å². The van der Waals surface area contributed by atoms with Gasteiger partial charge in [0.15, 0.2) is 0 Å². The fourth-order valence-electron chi connectivity index (χ4n) is 2.05. The lowest BCUT2D eigenvalue weighted by atomic mass is 10.2. The van der Waals surface area contributed by atoms with E-state index in [2.05, 4.69) is 15.8 Å². The number of hydrazone groups is 1. The number of carbonyl (C=O) groups excluding carboxylic acids is 2. The SMILES string of the molecule is CCOc1ccc(Cl)cc1/C=N\NC(=O)C(=O)Nc1ccccc1OC. The first-order chi connectivity index (χ1) is 12.5. The summed E-state index contributed by atoms with van der Waals surface area (Å²) in [5, 5.41) is 6.73. The Balaban J connectivity index is 2.01. The second-order valence-electron chi connectivity index (χ2n) is 4.97. The minimum atomic E-state index is -0.924. The van der Waals surface area contributed by atoms with Crippen LogP contribution in [0.4, 0.5) is 5.69 Å². The molecule has 26 heavy (non-hydrogen) atoms. The van der Waals surface area contributed by atoms with E-state index in [4.69, 9.17) is 21.1 Å². The highest BCUT2D eigenvalue weighted by atomic mass is 35.5. The van der Waals surface area contributed by atoms with Crippen LogP contribution in [0.1, 0.15) is 12.5 Å². The molecule has 0 aliphatic heterocycles. The van der Waals surface area contributed by atoms with Crippen LogP contribution in [0.5, 0.6) is 11.5 Å². The first-order valence-electron chi connectivity index (χ1n) is 7.75. The van der Waals surface area contributed by atoms with Crippen molar-refractivity contribution in [3.8, 4) is 11.5 Å². The molecule has 2 N–H and O–H groups in total. The number of benzene rings is 2. The Kier molecular flexibility index (Phi) is 6.99. The largest absolute Gasteiger partial charge is 0.495 e. The molecule has 0 spiro atoms. The van der Waals surface area contributed by atoms with E-state index in [1.54, 1.807) is 42.5 Å². The Bertz CT molecular complexity index is 824. The summed E-state index contributed by atoms with van der Waals surface area (Å²) in [6, 6.07) is 11.8. The zero-order valence-corrected chi connectivity index (χ0v) is 15.0. The number of para-hydroxylation sites is 2. The van der Waals surface area contributed by atoms with E-state index < -0.39 is 11.8 Å². The predicted octanol–water partition coefficient (Wildman–Crippen LogP) is 2.84. The van der Waals surface area contributed by atoms with Crippen molar-refractivity contribution in [1.29, 1.82) is 0 Å². The number of halogens is 1. The van der Waals surface area contributed by atoms with Gasteiger partial charge in [0.05, 0.1) is 25.6 Å². The molecule has 8 heteroatoms. The molecule has 0 aliphatic rings. The summed E-state index contributed by atoms with van der Waals surface area (Å²) in [6.07, 6.45) is 1.35. The number of nitrogens with one attached hydrogen (secondary N) is 2. The normalized spacial score (nSPS) is 10.4. The average Bonchev–Trinajstić information content (AvgIpc) is 2.64. The summed E-state index contributed by atoms with van der Waals surface area (Å²) in [7, 11) is 1.47. The minimum absolute atomic E-state index is 0.382. The van der Waals surface area contributed by atoms with Crippen LogP contribution in [0.2, 0.25) is 5.02 Å². The summed E-state index contributed by atoms with van der Waals surface area (Å²) in [5.74, 6) is -0.791. The van der Waals surface area contributed by atoms with Gasteiger partial charge in [-0.25, -0.2) is 5.43 Å². The van der Waals surface area contributed by atoms with Crippen LogP contribution >= 0.6 is 11.6 Å². The highest BCUT2D eigenvalue weighted by Gasteiger charge is 2.15. The lowest BCUT2D eigenvalue weighted by Gasteiger charge is -2.09. The van der Waals surface area contributed by atoms with Gasteiger partial charge in [-0.05, 0) is 37.3 Å². The molecule has 0 radical (unpaired) electrons. The molecular formula is C18H18ClN3O4. The maximum absolute atomic E-state index is 11.9. The van der Waals surface area contributed by atoms with Crippen LogP contribution in [-0.4, -0.2) is 31.7 Å². The summed E-state index contributed by atoms with van der Waals surface area (Å²) >= 11 is 5.95. The third-order valence-corrected chi connectivity index (χ3v) is 3.44. The van der Waals surface area contributed by atoms with Crippen LogP contribution in [0.15, 0.2) is 47.6 Å². The van der Waals surface area contributed by atoms with E-state index in [-0.39, 0.29) is 0 Å². The van der Waals surface area contributed by atoms with Gasteiger partial charge in [0.2, 0.25) is 0 Å². The minimum Gasteiger partial charge on any atom is -0.495 e. The number of ether oxygens (including phenoxy) is 2. The van der Waals surface area contributed by atoms with Crippen LogP contribution in [-0.2, 0) is 9.59 Å². The van der Waals surface area contributed by atoms with E-state index in [0.717, 1.165) is 0 Å². The Morgan fingerprint density at radius 2 is 1.92 bits per heavy atom. The number of carbonyl (C=O) groups is 2. The van der Waals surface area contributed by atoms with Gasteiger partial charge in [-0.2, -0.15) is 5.10 Å². The van der Waals surface area contributed by atoms with Gasteiger partial charge in [0.25, 0.3) is 0 Å². The molecule has 0 saturated heterocycles. The second kappa shape index (κ2) is 9.43. The molecule has 0 aliphatic carbocycles. The predicted molar refractivity (Wildman–Crippen MR) is 100.0 cm³/mol. The van der Waals surface area contributed by atoms with Crippen molar-refractivity contribution in [2.75, 3.05) is 19.0 Å². The maximum atomic E-state index is 11.9. The number of hydrogen-bond acceptors (Lipinski definition) is 5. The first-order valence-corrected chi connectivity index (χ1v) is 8.12. The third-order valence-electron chi connectivity index (χ3n) is 3.20. The van der Waals surface area contributed by atoms with Gasteiger partial charge in [0, 0.05) is 10.6 Å². The quantitative estimate of drug-likeness (QED) is 0.461. The molecule has 0 aromatic heterocycles. The highest BCUT2D eigenvalue weighted by molar-refractivity contribution is 6.39. The number of rotatable bonds is 6. The smallest absolute Gasteiger partial charge is 0.329 e. The lowest BCUT2D eigenvalue weighted by molar-refractivity contribution is -0.136. The molecule has 7 nitrogen and oxygen atoms in total. The van der Waals surface area contributed by atoms with Gasteiger partial charge < -0.3 is 14.8 Å².